The molecule has 0 fully saturated rings. The van der Waals surface area contributed by atoms with E-state index in [2.05, 4.69) is 13.3 Å². The molecule has 0 aliphatic carbocycles. The topological polar surface area (TPSA) is 0 Å². The normalized spacial score (nSPS) is 13.5. The molecule has 0 aliphatic rings. The zero-order valence-corrected chi connectivity index (χ0v) is 5.23. The molecule has 0 aliphatic heterocycles. The van der Waals surface area contributed by atoms with Gasteiger partial charge in [-0.25, -0.2) is 0 Å². The van der Waals surface area contributed by atoms with Crippen LogP contribution in [0.15, 0.2) is 0 Å². The van der Waals surface area contributed by atoms with Gasteiger partial charge in [-0.05, 0) is 14.9 Å². The van der Waals surface area contributed by atoms with Crippen LogP contribution < -0.4 is 0 Å². The molecule has 0 rings (SSSR count). The Morgan fingerprint density at radius 1 is 1.75 bits per heavy atom. The maximum Gasteiger partial charge on any atom is 0.0463 e. The predicted molar refractivity (Wildman–Crippen MR) is 29.9 cm³/mol. The smallest absolute Gasteiger partial charge is 0.0119 e. The Morgan fingerprint density at radius 2 is 2.00 bits per heavy atom. The van der Waals surface area contributed by atoms with Crippen molar-refractivity contribution in [1.82, 2.24) is 0 Å². The van der Waals surface area contributed by atoms with Gasteiger partial charge in [0.15, 0.2) is 0 Å². The van der Waals surface area contributed by atoms with E-state index >= 15 is 0 Å². The summed E-state index contributed by atoms with van der Waals surface area (Å²) in [5.74, 6) is 0. The molecule has 2 atom stereocenters. The number of hydrogen-bond donors (Lipinski definition) is 0. The Bertz CT molecular complexity index is 6.00. The van der Waals surface area contributed by atoms with Crippen LogP contribution in [-0.4, -0.2) is 13.3 Å². The molecule has 0 aromatic heterocycles. The second kappa shape index (κ2) is 3.86. The standard InChI is InChI=1S/C2H8P2/c1-3-4-2/h3-4H,1-2H3/p+1. The fourth-order valence-corrected chi connectivity index (χ4v) is 0. The van der Waals surface area contributed by atoms with Gasteiger partial charge in [0.05, 0.1) is 0 Å². The van der Waals surface area contributed by atoms with Gasteiger partial charge in [-0.3, -0.25) is 0 Å². The minimum Gasteiger partial charge on any atom is -0.0119 e. The van der Waals surface area contributed by atoms with Crippen molar-refractivity contribution in [2.24, 2.45) is 0 Å². The molecule has 2 unspecified atom stereocenters. The van der Waals surface area contributed by atoms with Crippen LogP contribution in [0.25, 0.3) is 0 Å². The zero-order chi connectivity index (χ0) is 3.41. The first-order valence-electron chi connectivity index (χ1n) is 1.37. The van der Waals surface area contributed by atoms with Gasteiger partial charge in [0.1, 0.15) is 0 Å². The molecule has 0 aromatic carbocycles. The molecule has 0 saturated carbocycles. The highest BCUT2D eigenvalue weighted by Gasteiger charge is 1.64. The van der Waals surface area contributed by atoms with Crippen LogP contribution in [0.4, 0.5) is 0 Å². The van der Waals surface area contributed by atoms with Gasteiger partial charge in [-0.15, -0.1) is 0 Å². The first kappa shape index (κ1) is 4.86. The third-order valence-electron chi connectivity index (χ3n) is 0.289. The van der Waals surface area contributed by atoms with E-state index in [9.17, 15) is 0 Å². The van der Waals surface area contributed by atoms with Gasteiger partial charge in [0.2, 0.25) is 0 Å². The van der Waals surface area contributed by atoms with Crippen LogP contribution in [0.3, 0.4) is 0 Å². The average molecular weight is 95.0 g/mol. The molecule has 0 radical (unpaired) electrons. The molecular weight excluding hydrogens is 86.0 g/mol. The van der Waals surface area contributed by atoms with Crippen molar-refractivity contribution in [1.29, 1.82) is 0 Å². The van der Waals surface area contributed by atoms with Gasteiger partial charge < -0.3 is 0 Å². The quantitative estimate of drug-likeness (QED) is 0.430. The first-order valence-corrected chi connectivity index (χ1v) is 5.83. The van der Waals surface area contributed by atoms with Crippen LogP contribution in [0.5, 0.6) is 0 Å². The van der Waals surface area contributed by atoms with Gasteiger partial charge in [0, 0.05) is 14.9 Å². The third kappa shape index (κ3) is 2.86. The van der Waals surface area contributed by atoms with Crippen LogP contribution in [0.1, 0.15) is 0 Å². The summed E-state index contributed by atoms with van der Waals surface area (Å²) < 4.78 is 0. The molecule has 0 bridgehead atoms. The summed E-state index contributed by atoms with van der Waals surface area (Å²) in [6.45, 7) is 4.52. The predicted octanol–water partition coefficient (Wildman–Crippen LogP) is 1.25. The second-order valence-electron chi connectivity index (χ2n) is 0.577. The summed E-state index contributed by atoms with van der Waals surface area (Å²) in [5, 5.41) is 0. The zero-order valence-electron chi connectivity index (χ0n) is 3.08. The van der Waals surface area contributed by atoms with Gasteiger partial charge in [-0.2, -0.15) is 0 Å². The summed E-state index contributed by atoms with van der Waals surface area (Å²) in [5.41, 5.74) is 0. The average Bonchev–Trinajstić information content (AvgIpc) is 1.37. The minimum atomic E-state index is 0.810. The Balaban J connectivity index is 1.97. The lowest BCUT2D eigenvalue weighted by atomic mass is 12.0. The van der Waals surface area contributed by atoms with Crippen LogP contribution in [0.2, 0.25) is 0 Å². The SMILES string of the molecule is CP[PH2+]C. The first-order chi connectivity index (χ1) is 1.91. The van der Waals surface area contributed by atoms with Crippen LogP contribution in [-0.2, 0) is 0 Å². The van der Waals surface area contributed by atoms with Crippen molar-refractivity contribution in [3.63, 3.8) is 0 Å². The van der Waals surface area contributed by atoms with Gasteiger partial charge in [-0.1, -0.05) is 0 Å². The maximum atomic E-state index is 2.28. The summed E-state index contributed by atoms with van der Waals surface area (Å²) in [4.78, 5) is 0. The van der Waals surface area contributed by atoms with Gasteiger partial charge in [0.25, 0.3) is 0 Å². The van der Waals surface area contributed by atoms with E-state index in [1.807, 2.05) is 0 Å². The van der Waals surface area contributed by atoms with Crippen molar-refractivity contribution in [3.05, 3.63) is 0 Å². The second-order valence-corrected chi connectivity index (χ2v) is 5.20. The molecule has 0 saturated heterocycles. The van der Waals surface area contributed by atoms with E-state index in [1.54, 1.807) is 0 Å². The summed E-state index contributed by atoms with van der Waals surface area (Å²) >= 11 is 0. The molecule has 0 nitrogen and oxygen atoms in total. The fraction of sp³-hybridized carbons (Fsp3) is 1.00. The maximum absolute atomic E-state index is 2.28. The van der Waals surface area contributed by atoms with Crippen molar-refractivity contribution < 1.29 is 0 Å². The third-order valence-corrected chi connectivity index (χ3v) is 2.60. The Labute approximate surface area is 30.8 Å². The lowest BCUT2D eigenvalue weighted by Gasteiger charge is -1.60. The highest BCUT2D eigenvalue weighted by molar-refractivity contribution is 8.11. The molecule has 0 heterocycles. The summed E-state index contributed by atoms with van der Waals surface area (Å²) in [7, 11) is 2.03. The molecule has 4 heavy (non-hydrogen) atoms. The van der Waals surface area contributed by atoms with E-state index in [1.165, 1.54) is 8.27 Å². The molecular formula is C2H9P2+. The summed E-state index contributed by atoms with van der Waals surface area (Å²) in [6, 6.07) is 0. The molecule has 0 spiro atoms. The molecule has 0 amide bonds. The molecule has 26 valence electrons. The molecule has 2 heteroatoms. The van der Waals surface area contributed by atoms with Crippen molar-refractivity contribution in [2.75, 3.05) is 13.3 Å². The summed E-state index contributed by atoms with van der Waals surface area (Å²) in [6.07, 6.45) is 0. The lowest BCUT2D eigenvalue weighted by Crippen LogP contribution is -1.17. The van der Waals surface area contributed by atoms with E-state index < -0.39 is 0 Å². The van der Waals surface area contributed by atoms with E-state index in [0.717, 1.165) is 8.27 Å². The van der Waals surface area contributed by atoms with E-state index in [-0.39, 0.29) is 0 Å². The fourth-order valence-electron chi connectivity index (χ4n) is 0. The monoisotopic (exact) mass is 95.0 g/mol. The largest absolute Gasteiger partial charge is 0.0463 e. The molecule has 0 N–H and O–H groups in total. The van der Waals surface area contributed by atoms with Crippen LogP contribution >= 0.6 is 16.5 Å². The van der Waals surface area contributed by atoms with Crippen molar-refractivity contribution in [2.45, 2.75) is 0 Å². The Kier molecular flexibility index (Phi) is 4.69. The highest BCUT2D eigenvalue weighted by Crippen LogP contribution is 2.27. The Morgan fingerprint density at radius 3 is 2.00 bits per heavy atom. The van der Waals surface area contributed by atoms with E-state index in [4.69, 9.17) is 0 Å². The van der Waals surface area contributed by atoms with Crippen molar-refractivity contribution in [3.8, 4) is 0 Å². The van der Waals surface area contributed by atoms with Crippen molar-refractivity contribution >= 4 is 16.5 Å². The van der Waals surface area contributed by atoms with E-state index in [0.29, 0.717) is 0 Å². The van der Waals surface area contributed by atoms with Crippen LogP contribution in [0, 0.1) is 0 Å². The Hall–Kier alpha value is 0.860. The lowest BCUT2D eigenvalue weighted by molar-refractivity contribution is 2.46. The van der Waals surface area contributed by atoms with Gasteiger partial charge >= 0.3 is 0 Å². The number of hydrogen-bond acceptors (Lipinski definition) is 0. The minimum absolute atomic E-state index is 0.810. The highest BCUT2D eigenvalue weighted by atomic mass is 32.0. The molecule has 0 aromatic rings. The number of rotatable bonds is 1.